The Labute approximate surface area is 130 Å². The van der Waals surface area contributed by atoms with Crippen LogP contribution in [0.15, 0.2) is 41.2 Å². The highest BCUT2D eigenvalue weighted by Crippen LogP contribution is 2.16. The number of nitrogens with one attached hydrogen (secondary N) is 2. The minimum atomic E-state index is -0.332. The molecule has 0 unspecified atom stereocenters. The van der Waals surface area contributed by atoms with Crippen molar-refractivity contribution in [1.29, 1.82) is 5.26 Å². The zero-order valence-corrected chi connectivity index (χ0v) is 12.9. The minimum Gasteiger partial charge on any atom is -0.321 e. The lowest BCUT2D eigenvalue weighted by Gasteiger charge is -2.08. The maximum Gasteiger partial charge on any atom is 0.266 e. The zero-order valence-electron chi connectivity index (χ0n) is 12.9. The Bertz CT molecular complexity index is 683. The number of nitrogens with zero attached hydrogens (tertiary/aromatic N) is 1. The molecule has 1 aromatic heterocycles. The number of H-pyrrole nitrogens is 1. The van der Waals surface area contributed by atoms with E-state index in [9.17, 15) is 4.79 Å². The third kappa shape index (κ3) is 4.31. The summed E-state index contributed by atoms with van der Waals surface area (Å²) < 4.78 is 0. The van der Waals surface area contributed by atoms with Crippen LogP contribution in [0.1, 0.15) is 30.4 Å². The molecule has 2 aromatic rings. The van der Waals surface area contributed by atoms with Crippen molar-refractivity contribution < 1.29 is 0 Å². The highest BCUT2D eigenvalue weighted by molar-refractivity contribution is 5.60. The van der Waals surface area contributed by atoms with E-state index in [2.05, 4.69) is 10.3 Å². The summed E-state index contributed by atoms with van der Waals surface area (Å²) in [4.78, 5) is 14.3. The highest BCUT2D eigenvalue weighted by atomic mass is 16.1. The second-order valence-corrected chi connectivity index (χ2v) is 5.36. The van der Waals surface area contributed by atoms with Gasteiger partial charge in [-0.25, -0.2) is 0 Å². The molecule has 0 aliphatic carbocycles. The number of benzene rings is 1. The predicted molar refractivity (Wildman–Crippen MR) is 88.7 cm³/mol. The van der Waals surface area contributed by atoms with E-state index < -0.39 is 0 Å². The largest absolute Gasteiger partial charge is 0.321 e. The molecule has 1 fully saturated rings. The van der Waals surface area contributed by atoms with Gasteiger partial charge in [-0.3, -0.25) is 4.79 Å². The molecule has 1 aliphatic heterocycles. The summed E-state index contributed by atoms with van der Waals surface area (Å²) in [6, 6.07) is 13.3. The van der Waals surface area contributed by atoms with Gasteiger partial charge in [0.2, 0.25) is 0 Å². The predicted octanol–water partition coefficient (Wildman–Crippen LogP) is 2.98. The molecule has 1 aliphatic rings. The maximum absolute atomic E-state index is 11.6. The normalized spacial score (nSPS) is 13.6. The Balaban J connectivity index is 0.000000246. The summed E-state index contributed by atoms with van der Waals surface area (Å²) in [5.41, 5.74) is 2.22. The Morgan fingerprint density at radius 3 is 2.23 bits per heavy atom. The molecule has 1 aromatic carbocycles. The van der Waals surface area contributed by atoms with E-state index in [1.165, 1.54) is 32.4 Å². The van der Waals surface area contributed by atoms with Gasteiger partial charge < -0.3 is 10.3 Å². The van der Waals surface area contributed by atoms with Gasteiger partial charge in [0.05, 0.1) is 0 Å². The van der Waals surface area contributed by atoms with Gasteiger partial charge in [0.1, 0.15) is 11.6 Å². The second kappa shape index (κ2) is 8.16. The molecule has 3 rings (SSSR count). The SMILES string of the molecule is C1CCNCC1.Cc1cc(-c2ccccc2)[nH]c(=O)c1C#N. The van der Waals surface area contributed by atoms with Crippen molar-refractivity contribution in [2.75, 3.05) is 13.1 Å². The third-order valence-electron chi connectivity index (χ3n) is 3.63. The quantitative estimate of drug-likeness (QED) is 0.850. The van der Waals surface area contributed by atoms with Crippen molar-refractivity contribution in [3.05, 3.63) is 57.9 Å². The Hall–Kier alpha value is -2.38. The lowest BCUT2D eigenvalue weighted by Crippen LogP contribution is -2.21. The lowest BCUT2D eigenvalue weighted by molar-refractivity contribution is 0.520. The second-order valence-electron chi connectivity index (χ2n) is 5.36. The molecule has 22 heavy (non-hydrogen) atoms. The molecule has 0 atom stereocenters. The van der Waals surface area contributed by atoms with Crippen molar-refractivity contribution >= 4 is 0 Å². The van der Waals surface area contributed by atoms with Gasteiger partial charge in [-0.15, -0.1) is 0 Å². The summed E-state index contributed by atoms with van der Waals surface area (Å²) in [5.74, 6) is 0. The molecule has 114 valence electrons. The number of aromatic amines is 1. The van der Waals surface area contributed by atoms with E-state index in [-0.39, 0.29) is 11.1 Å². The van der Waals surface area contributed by atoms with E-state index in [4.69, 9.17) is 5.26 Å². The van der Waals surface area contributed by atoms with Crippen molar-refractivity contribution in [3.8, 4) is 17.3 Å². The summed E-state index contributed by atoms with van der Waals surface area (Å²) in [5, 5.41) is 12.1. The van der Waals surface area contributed by atoms with Crippen molar-refractivity contribution in [2.45, 2.75) is 26.2 Å². The first-order valence-electron chi connectivity index (χ1n) is 7.62. The van der Waals surface area contributed by atoms with Crippen LogP contribution in [-0.2, 0) is 0 Å². The van der Waals surface area contributed by atoms with Crippen LogP contribution in [0.3, 0.4) is 0 Å². The molecule has 0 radical (unpaired) electrons. The number of rotatable bonds is 1. The smallest absolute Gasteiger partial charge is 0.266 e. The molecule has 4 nitrogen and oxygen atoms in total. The fourth-order valence-electron chi connectivity index (χ4n) is 2.40. The Morgan fingerprint density at radius 1 is 1.09 bits per heavy atom. The van der Waals surface area contributed by atoms with Crippen LogP contribution in [0, 0.1) is 18.3 Å². The van der Waals surface area contributed by atoms with E-state index >= 15 is 0 Å². The summed E-state index contributed by atoms with van der Waals surface area (Å²) in [6.45, 7) is 4.26. The Morgan fingerprint density at radius 2 is 1.77 bits per heavy atom. The van der Waals surface area contributed by atoms with Crippen LogP contribution in [0.4, 0.5) is 0 Å². The summed E-state index contributed by atoms with van der Waals surface area (Å²) >= 11 is 0. The number of hydrogen-bond donors (Lipinski definition) is 2. The van der Waals surface area contributed by atoms with Gasteiger partial charge in [-0.2, -0.15) is 5.26 Å². The van der Waals surface area contributed by atoms with Gasteiger partial charge in [0, 0.05) is 5.69 Å². The molecular formula is C18H21N3O. The zero-order chi connectivity index (χ0) is 15.8. The van der Waals surface area contributed by atoms with E-state index in [0.717, 1.165) is 11.3 Å². The van der Waals surface area contributed by atoms with E-state index in [1.807, 2.05) is 42.5 Å². The van der Waals surface area contributed by atoms with Gasteiger partial charge in [0.15, 0.2) is 0 Å². The van der Waals surface area contributed by atoms with Crippen LogP contribution in [0.25, 0.3) is 11.3 Å². The topological polar surface area (TPSA) is 68.7 Å². The molecule has 0 spiro atoms. The number of nitriles is 1. The molecule has 0 bridgehead atoms. The number of aryl methyl sites for hydroxylation is 1. The fraction of sp³-hybridized carbons (Fsp3) is 0.333. The lowest BCUT2D eigenvalue weighted by atomic mass is 10.1. The molecule has 0 amide bonds. The number of hydrogen-bond acceptors (Lipinski definition) is 3. The van der Waals surface area contributed by atoms with Crippen molar-refractivity contribution in [2.24, 2.45) is 0 Å². The standard InChI is InChI=1S/C13H10N2O.C5H11N/c1-9-7-12(10-5-3-2-4-6-10)15-13(16)11(9)8-14;1-2-4-6-5-3-1/h2-7H,1H3,(H,15,16);6H,1-5H2. The average Bonchev–Trinajstić information content (AvgIpc) is 2.57. The number of aromatic nitrogens is 1. The average molecular weight is 295 g/mol. The van der Waals surface area contributed by atoms with Gasteiger partial charge in [-0.1, -0.05) is 36.8 Å². The van der Waals surface area contributed by atoms with Crippen LogP contribution in [0.5, 0.6) is 0 Å². The van der Waals surface area contributed by atoms with Gasteiger partial charge >= 0.3 is 0 Å². The Kier molecular flexibility index (Phi) is 5.93. The summed E-state index contributed by atoms with van der Waals surface area (Å²) in [6.07, 6.45) is 4.22. The molecule has 2 N–H and O–H groups in total. The van der Waals surface area contributed by atoms with Crippen LogP contribution >= 0.6 is 0 Å². The first-order valence-corrected chi connectivity index (χ1v) is 7.62. The van der Waals surface area contributed by atoms with Crippen molar-refractivity contribution in [3.63, 3.8) is 0 Å². The number of pyridine rings is 1. The summed E-state index contributed by atoms with van der Waals surface area (Å²) in [7, 11) is 0. The van der Waals surface area contributed by atoms with Gasteiger partial charge in [-0.05, 0) is 50.0 Å². The van der Waals surface area contributed by atoms with Crippen LogP contribution < -0.4 is 10.9 Å². The van der Waals surface area contributed by atoms with Crippen LogP contribution in [-0.4, -0.2) is 18.1 Å². The fourth-order valence-corrected chi connectivity index (χ4v) is 2.40. The number of piperidine rings is 1. The van der Waals surface area contributed by atoms with E-state index in [0.29, 0.717) is 5.56 Å². The molecule has 0 saturated carbocycles. The van der Waals surface area contributed by atoms with Crippen molar-refractivity contribution in [1.82, 2.24) is 10.3 Å². The monoisotopic (exact) mass is 295 g/mol. The van der Waals surface area contributed by atoms with Gasteiger partial charge in [0.25, 0.3) is 5.56 Å². The molecular weight excluding hydrogens is 274 g/mol. The third-order valence-corrected chi connectivity index (χ3v) is 3.63. The van der Waals surface area contributed by atoms with E-state index in [1.54, 1.807) is 6.92 Å². The first kappa shape index (κ1) is 16.0. The molecule has 2 heterocycles. The maximum atomic E-state index is 11.6. The first-order chi connectivity index (χ1) is 10.7. The molecule has 4 heteroatoms. The molecule has 1 saturated heterocycles. The highest BCUT2D eigenvalue weighted by Gasteiger charge is 2.06. The van der Waals surface area contributed by atoms with Crippen LogP contribution in [0.2, 0.25) is 0 Å². The minimum absolute atomic E-state index is 0.180.